The number of rotatable bonds is 5. The maximum atomic E-state index is 12.3. The van der Waals surface area contributed by atoms with Crippen molar-refractivity contribution < 1.29 is 4.79 Å². The number of amides is 1. The van der Waals surface area contributed by atoms with Crippen molar-refractivity contribution in [3.63, 3.8) is 0 Å². The van der Waals surface area contributed by atoms with Crippen LogP contribution < -0.4 is 5.32 Å². The standard InChI is InChI=1S/C20H19N5O/c1-25-20(21-13-22-25)24-18(26)12-11-16-15-9-5-6-10-17(15)23-19(16)14-7-3-2-4-8-14/h2-10,13,23H,11-12H2,1H3,(H,21,22,24,26). The van der Waals surface area contributed by atoms with Gasteiger partial charge in [0.25, 0.3) is 0 Å². The average molecular weight is 345 g/mol. The molecule has 0 radical (unpaired) electrons. The number of fused-ring (bicyclic) bond motifs is 1. The molecule has 0 bridgehead atoms. The quantitative estimate of drug-likeness (QED) is 0.581. The number of hydrogen-bond acceptors (Lipinski definition) is 3. The number of nitrogens with zero attached hydrogens (tertiary/aromatic N) is 3. The summed E-state index contributed by atoms with van der Waals surface area (Å²) in [5, 5.41) is 7.91. The van der Waals surface area contributed by atoms with Gasteiger partial charge in [-0.3, -0.25) is 10.1 Å². The SMILES string of the molecule is Cn1ncnc1NC(=O)CCc1c(-c2ccccc2)[nH]c2ccccc12. The van der Waals surface area contributed by atoms with Gasteiger partial charge >= 0.3 is 0 Å². The van der Waals surface area contributed by atoms with E-state index in [1.165, 1.54) is 6.33 Å². The first-order valence-electron chi connectivity index (χ1n) is 8.51. The number of hydrogen-bond donors (Lipinski definition) is 2. The second-order valence-electron chi connectivity index (χ2n) is 6.15. The third-order valence-corrected chi connectivity index (χ3v) is 4.44. The molecule has 2 aromatic heterocycles. The van der Waals surface area contributed by atoms with Crippen LogP contribution in [0.4, 0.5) is 5.95 Å². The summed E-state index contributed by atoms with van der Waals surface area (Å²) in [5.41, 5.74) is 4.42. The number of carbonyl (C=O) groups excluding carboxylic acids is 1. The molecule has 6 nitrogen and oxygen atoms in total. The van der Waals surface area contributed by atoms with Crippen LogP contribution in [0.15, 0.2) is 60.9 Å². The maximum absolute atomic E-state index is 12.3. The number of aromatic nitrogens is 4. The lowest BCUT2D eigenvalue weighted by Gasteiger charge is -2.06. The van der Waals surface area contributed by atoms with Crippen molar-refractivity contribution in [1.29, 1.82) is 0 Å². The van der Waals surface area contributed by atoms with Gasteiger partial charge in [0.1, 0.15) is 6.33 Å². The monoisotopic (exact) mass is 345 g/mol. The molecule has 130 valence electrons. The molecule has 2 N–H and O–H groups in total. The molecule has 1 amide bonds. The zero-order valence-corrected chi connectivity index (χ0v) is 14.4. The van der Waals surface area contributed by atoms with E-state index in [1.54, 1.807) is 11.7 Å². The van der Waals surface area contributed by atoms with Crippen molar-refractivity contribution in [2.24, 2.45) is 7.05 Å². The number of carbonyl (C=O) groups is 1. The second-order valence-corrected chi connectivity index (χ2v) is 6.15. The van der Waals surface area contributed by atoms with E-state index in [2.05, 4.69) is 44.6 Å². The Morgan fingerprint density at radius 3 is 2.65 bits per heavy atom. The van der Waals surface area contributed by atoms with Crippen LogP contribution in [0.1, 0.15) is 12.0 Å². The number of aryl methyl sites for hydroxylation is 2. The number of benzene rings is 2. The summed E-state index contributed by atoms with van der Waals surface area (Å²) in [7, 11) is 1.75. The van der Waals surface area contributed by atoms with Crippen molar-refractivity contribution in [2.75, 3.05) is 5.32 Å². The van der Waals surface area contributed by atoms with Crippen LogP contribution in [0.3, 0.4) is 0 Å². The van der Waals surface area contributed by atoms with Gasteiger partial charge in [0.15, 0.2) is 0 Å². The second kappa shape index (κ2) is 6.84. The normalized spacial score (nSPS) is 11.0. The third-order valence-electron chi connectivity index (χ3n) is 4.44. The van der Waals surface area contributed by atoms with Crippen molar-refractivity contribution in [1.82, 2.24) is 19.7 Å². The van der Waals surface area contributed by atoms with Gasteiger partial charge in [-0.2, -0.15) is 10.1 Å². The highest BCUT2D eigenvalue weighted by atomic mass is 16.1. The van der Waals surface area contributed by atoms with Gasteiger partial charge < -0.3 is 4.98 Å². The number of H-pyrrole nitrogens is 1. The molecule has 6 heteroatoms. The van der Waals surface area contributed by atoms with E-state index in [-0.39, 0.29) is 5.91 Å². The van der Waals surface area contributed by atoms with Crippen molar-refractivity contribution in [2.45, 2.75) is 12.8 Å². The Hall–Kier alpha value is -3.41. The Bertz CT molecular complexity index is 1050. The van der Waals surface area contributed by atoms with E-state index in [0.717, 1.165) is 27.7 Å². The van der Waals surface area contributed by atoms with Crippen LogP contribution in [-0.2, 0) is 18.3 Å². The molecule has 2 aromatic carbocycles. The molecular formula is C20H19N5O. The predicted octanol–water partition coefficient (Wildman–Crippen LogP) is 3.53. The summed E-state index contributed by atoms with van der Waals surface area (Å²) >= 11 is 0. The van der Waals surface area contributed by atoms with Crippen LogP contribution in [0.25, 0.3) is 22.2 Å². The molecule has 0 aliphatic heterocycles. The molecule has 0 saturated carbocycles. The first-order valence-corrected chi connectivity index (χ1v) is 8.51. The molecule has 0 fully saturated rings. The van der Waals surface area contributed by atoms with Crippen LogP contribution in [0, 0.1) is 0 Å². The minimum atomic E-state index is -0.0783. The molecule has 0 saturated heterocycles. The molecular weight excluding hydrogens is 326 g/mol. The lowest BCUT2D eigenvalue weighted by Crippen LogP contribution is -2.15. The maximum Gasteiger partial charge on any atom is 0.227 e. The van der Waals surface area contributed by atoms with Gasteiger partial charge in [0, 0.05) is 30.1 Å². The fourth-order valence-electron chi connectivity index (χ4n) is 3.15. The number of nitrogens with one attached hydrogen (secondary N) is 2. The topological polar surface area (TPSA) is 75.6 Å². The van der Waals surface area contributed by atoms with E-state index < -0.39 is 0 Å². The molecule has 0 atom stereocenters. The lowest BCUT2D eigenvalue weighted by atomic mass is 10.0. The van der Waals surface area contributed by atoms with Crippen LogP contribution in [0.5, 0.6) is 0 Å². The van der Waals surface area contributed by atoms with E-state index in [1.807, 2.05) is 30.3 Å². The number of anilines is 1. The fourth-order valence-corrected chi connectivity index (χ4v) is 3.15. The third kappa shape index (κ3) is 3.09. The van der Waals surface area contributed by atoms with Crippen molar-refractivity contribution in [3.05, 3.63) is 66.5 Å². The van der Waals surface area contributed by atoms with Gasteiger partial charge in [-0.1, -0.05) is 48.5 Å². The van der Waals surface area contributed by atoms with Gasteiger partial charge in [-0.05, 0) is 23.6 Å². The van der Waals surface area contributed by atoms with Crippen LogP contribution in [0.2, 0.25) is 0 Å². The number of aromatic amines is 1. The molecule has 26 heavy (non-hydrogen) atoms. The average Bonchev–Trinajstić information content (AvgIpc) is 3.24. The van der Waals surface area contributed by atoms with E-state index in [9.17, 15) is 4.79 Å². The molecule has 0 unspecified atom stereocenters. The van der Waals surface area contributed by atoms with Crippen LogP contribution >= 0.6 is 0 Å². The molecule has 0 spiro atoms. The summed E-state index contributed by atoms with van der Waals surface area (Å²) in [5.74, 6) is 0.377. The minimum Gasteiger partial charge on any atom is -0.354 e. The Morgan fingerprint density at radius 2 is 1.88 bits per heavy atom. The summed E-state index contributed by atoms with van der Waals surface area (Å²) in [6.07, 6.45) is 2.43. The van der Waals surface area contributed by atoms with Gasteiger partial charge in [0.05, 0.1) is 0 Å². The first kappa shape index (κ1) is 16.1. The zero-order chi connectivity index (χ0) is 17.9. The predicted molar refractivity (Wildman–Crippen MR) is 102 cm³/mol. The van der Waals surface area contributed by atoms with E-state index in [4.69, 9.17) is 0 Å². The van der Waals surface area contributed by atoms with Crippen molar-refractivity contribution >= 4 is 22.8 Å². The highest BCUT2D eigenvalue weighted by Gasteiger charge is 2.15. The summed E-state index contributed by atoms with van der Waals surface area (Å²) in [6.45, 7) is 0. The zero-order valence-electron chi connectivity index (χ0n) is 14.4. The summed E-state index contributed by atoms with van der Waals surface area (Å²) in [4.78, 5) is 19.9. The van der Waals surface area contributed by atoms with Gasteiger partial charge in [-0.15, -0.1) is 0 Å². The van der Waals surface area contributed by atoms with Crippen LogP contribution in [-0.4, -0.2) is 25.7 Å². The molecule has 4 aromatic rings. The fraction of sp³-hybridized carbons (Fsp3) is 0.150. The molecule has 2 heterocycles. The van der Waals surface area contributed by atoms with Crippen molar-refractivity contribution in [3.8, 4) is 11.3 Å². The number of para-hydroxylation sites is 1. The van der Waals surface area contributed by atoms with E-state index >= 15 is 0 Å². The minimum absolute atomic E-state index is 0.0783. The molecule has 0 aliphatic rings. The Kier molecular flexibility index (Phi) is 4.23. The lowest BCUT2D eigenvalue weighted by molar-refractivity contribution is -0.116. The van der Waals surface area contributed by atoms with Gasteiger partial charge in [-0.25, -0.2) is 4.68 Å². The first-order chi connectivity index (χ1) is 12.7. The Morgan fingerprint density at radius 1 is 1.12 bits per heavy atom. The van der Waals surface area contributed by atoms with Gasteiger partial charge in [0.2, 0.25) is 11.9 Å². The highest BCUT2D eigenvalue weighted by molar-refractivity contribution is 5.93. The molecule has 4 rings (SSSR count). The summed E-state index contributed by atoms with van der Waals surface area (Å²) in [6, 6.07) is 18.4. The molecule has 0 aliphatic carbocycles. The smallest absolute Gasteiger partial charge is 0.227 e. The van der Waals surface area contributed by atoms with E-state index in [0.29, 0.717) is 18.8 Å². The highest BCUT2D eigenvalue weighted by Crippen LogP contribution is 2.31. The largest absolute Gasteiger partial charge is 0.354 e. The summed E-state index contributed by atoms with van der Waals surface area (Å²) < 4.78 is 1.54. The Labute approximate surface area is 150 Å². The Balaban J connectivity index is 1.61.